The van der Waals surface area contributed by atoms with Crippen molar-refractivity contribution in [2.45, 2.75) is 77.7 Å². The minimum Gasteiger partial charge on any atom is -0.466 e. The first-order chi connectivity index (χ1) is 17.3. The van der Waals surface area contributed by atoms with E-state index in [1.807, 2.05) is 30.0 Å². The van der Waals surface area contributed by atoms with Crippen molar-refractivity contribution in [2.75, 3.05) is 32.7 Å². The summed E-state index contributed by atoms with van der Waals surface area (Å²) in [5.74, 6) is 2.86. The van der Waals surface area contributed by atoms with E-state index in [0.29, 0.717) is 37.8 Å². The largest absolute Gasteiger partial charge is 0.466 e. The van der Waals surface area contributed by atoms with Gasteiger partial charge < -0.3 is 14.2 Å². The maximum absolute atomic E-state index is 13.8. The third-order valence-electron chi connectivity index (χ3n) is 7.96. The quantitative estimate of drug-likeness (QED) is 0.399. The van der Waals surface area contributed by atoms with Crippen LogP contribution in [0.3, 0.4) is 0 Å². The van der Waals surface area contributed by atoms with Crippen LogP contribution in [-0.4, -0.2) is 69.9 Å². The first kappa shape index (κ1) is 26.4. The molecule has 196 valence electrons. The summed E-state index contributed by atoms with van der Waals surface area (Å²) in [6.07, 6.45) is 8.53. The molecule has 4 rings (SSSR count). The Kier molecular flexibility index (Phi) is 8.50. The molecular formula is C29H42N4O3. The molecule has 0 unspecified atom stereocenters. The van der Waals surface area contributed by atoms with E-state index < -0.39 is 5.54 Å². The Morgan fingerprint density at radius 2 is 1.69 bits per heavy atom. The molecule has 0 radical (unpaired) electrons. The second-order valence-electron chi connectivity index (χ2n) is 11.0. The highest BCUT2D eigenvalue weighted by Crippen LogP contribution is 2.38. The van der Waals surface area contributed by atoms with Crippen molar-refractivity contribution in [3.63, 3.8) is 0 Å². The number of hydrogen-bond donors (Lipinski definition) is 0. The van der Waals surface area contributed by atoms with Crippen molar-refractivity contribution in [3.8, 4) is 0 Å². The minimum atomic E-state index is -0.678. The predicted molar refractivity (Wildman–Crippen MR) is 141 cm³/mol. The number of piperidine rings is 1. The number of furan rings is 1. The number of likely N-dealkylation sites (tertiary alicyclic amines) is 1. The second-order valence-corrected chi connectivity index (χ2v) is 11.0. The summed E-state index contributed by atoms with van der Waals surface area (Å²) in [7, 11) is 0. The molecule has 0 saturated carbocycles. The highest BCUT2D eigenvalue weighted by atomic mass is 16.3. The number of amides is 3. The summed E-state index contributed by atoms with van der Waals surface area (Å²) in [6, 6.07) is 7.99. The number of carbonyl (C=O) groups excluding carboxylic acids is 2. The van der Waals surface area contributed by atoms with Crippen LogP contribution in [0.15, 0.2) is 41.1 Å². The van der Waals surface area contributed by atoms with E-state index in [2.05, 4.69) is 36.7 Å². The standard InChI is InChI=1S/C29H42N4O3/c1-22(2)11-19-33-28(35)32(17-5-6-25-9-15-30-16-10-25)27(34)29(33)13-20-31(21-14-29)18-12-23(3)26-8-7-24(4)36-26/h7-10,15-16,22-23H,5-6,11-14,17-21H2,1-4H3/t23-/m0/s1. The third-order valence-corrected chi connectivity index (χ3v) is 7.96. The van der Waals surface area contributed by atoms with Crippen molar-refractivity contribution in [2.24, 2.45) is 5.92 Å². The predicted octanol–water partition coefficient (Wildman–Crippen LogP) is 5.25. The van der Waals surface area contributed by atoms with Crippen molar-refractivity contribution >= 4 is 11.9 Å². The van der Waals surface area contributed by atoms with Crippen molar-refractivity contribution in [1.82, 2.24) is 19.7 Å². The molecule has 7 nitrogen and oxygen atoms in total. The fourth-order valence-electron chi connectivity index (χ4n) is 5.53. The number of hydrogen-bond acceptors (Lipinski definition) is 5. The van der Waals surface area contributed by atoms with Crippen molar-refractivity contribution < 1.29 is 14.0 Å². The van der Waals surface area contributed by atoms with Gasteiger partial charge in [-0.1, -0.05) is 20.8 Å². The smallest absolute Gasteiger partial charge is 0.327 e. The fourth-order valence-corrected chi connectivity index (χ4v) is 5.53. The SMILES string of the molecule is Cc1ccc([C@@H](C)CCN2CCC3(CC2)C(=O)N(CCCc2ccncc2)C(=O)N3CCC(C)C)o1. The van der Waals surface area contributed by atoms with Gasteiger partial charge in [0.1, 0.15) is 17.1 Å². The van der Waals surface area contributed by atoms with Crippen LogP contribution < -0.4 is 0 Å². The van der Waals surface area contributed by atoms with Gasteiger partial charge in [-0.2, -0.15) is 0 Å². The van der Waals surface area contributed by atoms with Crippen LogP contribution in [-0.2, 0) is 11.2 Å². The second kappa shape index (κ2) is 11.6. The Bertz CT molecular complexity index is 1010. The lowest BCUT2D eigenvalue weighted by atomic mass is 9.85. The number of aryl methyl sites for hydroxylation is 2. The van der Waals surface area contributed by atoms with Gasteiger partial charge in [-0.15, -0.1) is 0 Å². The van der Waals surface area contributed by atoms with E-state index in [1.165, 1.54) is 5.56 Å². The molecule has 7 heteroatoms. The van der Waals surface area contributed by atoms with Gasteiger partial charge in [-0.25, -0.2) is 4.79 Å². The zero-order chi connectivity index (χ0) is 25.7. The van der Waals surface area contributed by atoms with Crippen LogP contribution in [0.1, 0.15) is 75.9 Å². The molecule has 1 atom stereocenters. The van der Waals surface area contributed by atoms with E-state index in [9.17, 15) is 9.59 Å². The monoisotopic (exact) mass is 494 g/mol. The summed E-state index contributed by atoms with van der Waals surface area (Å²) in [4.78, 5) is 37.2. The molecule has 2 aliphatic heterocycles. The lowest BCUT2D eigenvalue weighted by molar-refractivity contribution is -0.135. The van der Waals surface area contributed by atoms with Crippen molar-refractivity contribution in [1.29, 1.82) is 0 Å². The van der Waals surface area contributed by atoms with Gasteiger partial charge in [-0.3, -0.25) is 14.7 Å². The molecule has 2 aromatic rings. The number of rotatable bonds is 11. The summed E-state index contributed by atoms with van der Waals surface area (Å²) in [5, 5.41) is 0. The van der Waals surface area contributed by atoms with E-state index in [1.54, 1.807) is 17.3 Å². The average Bonchev–Trinajstić information content (AvgIpc) is 3.38. The number of aromatic nitrogens is 1. The number of nitrogens with zero attached hydrogens (tertiary/aromatic N) is 4. The van der Waals surface area contributed by atoms with Gasteiger partial charge in [-0.05, 0) is 87.7 Å². The van der Waals surface area contributed by atoms with Gasteiger partial charge >= 0.3 is 6.03 Å². The first-order valence-corrected chi connectivity index (χ1v) is 13.6. The average molecular weight is 495 g/mol. The number of imide groups is 1. The van der Waals surface area contributed by atoms with Crippen LogP contribution >= 0.6 is 0 Å². The van der Waals surface area contributed by atoms with Gasteiger partial charge in [0.2, 0.25) is 0 Å². The molecule has 0 N–H and O–H groups in total. The van der Waals surface area contributed by atoms with Crippen LogP contribution in [0.25, 0.3) is 0 Å². The zero-order valence-electron chi connectivity index (χ0n) is 22.4. The van der Waals surface area contributed by atoms with E-state index in [0.717, 1.165) is 56.8 Å². The first-order valence-electron chi connectivity index (χ1n) is 13.6. The molecule has 1 spiro atoms. The Morgan fingerprint density at radius 1 is 0.972 bits per heavy atom. The molecule has 2 fully saturated rings. The molecule has 2 aliphatic rings. The lowest BCUT2D eigenvalue weighted by Gasteiger charge is -2.42. The summed E-state index contributed by atoms with van der Waals surface area (Å²) < 4.78 is 5.80. The molecular weight excluding hydrogens is 452 g/mol. The van der Waals surface area contributed by atoms with Crippen LogP contribution in [0.4, 0.5) is 4.79 Å². The van der Waals surface area contributed by atoms with Crippen LogP contribution in [0.2, 0.25) is 0 Å². The molecule has 0 aromatic carbocycles. The number of carbonyl (C=O) groups is 2. The Labute approximate surface area is 215 Å². The Balaban J connectivity index is 1.37. The number of urea groups is 1. The van der Waals surface area contributed by atoms with Crippen LogP contribution in [0.5, 0.6) is 0 Å². The topological polar surface area (TPSA) is 69.9 Å². The van der Waals surface area contributed by atoms with E-state index >= 15 is 0 Å². The normalized spacial score (nSPS) is 19.1. The highest BCUT2D eigenvalue weighted by Gasteiger charge is 2.57. The van der Waals surface area contributed by atoms with Gasteiger partial charge in [0, 0.05) is 44.5 Å². The highest BCUT2D eigenvalue weighted by molar-refractivity contribution is 6.07. The molecule has 4 heterocycles. The van der Waals surface area contributed by atoms with Crippen molar-refractivity contribution in [3.05, 3.63) is 53.7 Å². The van der Waals surface area contributed by atoms with Crippen LogP contribution in [0, 0.1) is 12.8 Å². The minimum absolute atomic E-state index is 0.0186. The Morgan fingerprint density at radius 3 is 2.33 bits per heavy atom. The summed E-state index contributed by atoms with van der Waals surface area (Å²) in [5.41, 5.74) is 0.505. The summed E-state index contributed by atoms with van der Waals surface area (Å²) in [6.45, 7) is 12.3. The maximum Gasteiger partial charge on any atom is 0.327 e. The van der Waals surface area contributed by atoms with E-state index in [-0.39, 0.29) is 11.9 Å². The maximum atomic E-state index is 13.8. The summed E-state index contributed by atoms with van der Waals surface area (Å²) >= 11 is 0. The lowest BCUT2D eigenvalue weighted by Crippen LogP contribution is -2.57. The van der Waals surface area contributed by atoms with E-state index in [4.69, 9.17) is 4.42 Å². The van der Waals surface area contributed by atoms with Gasteiger partial charge in [0.05, 0.1) is 0 Å². The molecule has 2 saturated heterocycles. The molecule has 3 amide bonds. The third kappa shape index (κ3) is 5.83. The molecule has 0 bridgehead atoms. The zero-order valence-corrected chi connectivity index (χ0v) is 22.4. The molecule has 36 heavy (non-hydrogen) atoms. The molecule has 2 aromatic heterocycles. The molecule has 0 aliphatic carbocycles. The fraction of sp³-hybridized carbons (Fsp3) is 0.621. The Hall–Kier alpha value is -2.67. The van der Waals surface area contributed by atoms with Gasteiger partial charge in [0.25, 0.3) is 5.91 Å². The van der Waals surface area contributed by atoms with Gasteiger partial charge in [0.15, 0.2) is 0 Å². The number of pyridine rings is 1.